The fourth-order valence-corrected chi connectivity index (χ4v) is 5.88. The predicted molar refractivity (Wildman–Crippen MR) is 192 cm³/mol. The van der Waals surface area contributed by atoms with Crippen LogP contribution < -0.4 is 0 Å². The second kappa shape index (κ2) is 12.5. The third-order valence-corrected chi connectivity index (χ3v) is 8.23. The summed E-state index contributed by atoms with van der Waals surface area (Å²) in [5, 5.41) is 5.27. The van der Waals surface area contributed by atoms with Crippen LogP contribution in [-0.2, 0) is 0 Å². The lowest BCUT2D eigenvalue weighted by atomic mass is 10.0. The Kier molecular flexibility index (Phi) is 7.50. The van der Waals surface area contributed by atoms with Crippen molar-refractivity contribution in [2.45, 2.75) is 0 Å². The standard InChI is InChI=1S/C43H30N4/c1-6-16-31(17-7-1)38-26-35(27-39(44-38)32-18-8-2-9-19-32)42-30-43(47(46-42)37-24-14-5-15-25-37)36-28-40(33-20-10-3-11-21-33)45-41(29-36)34-22-12-4-13-23-34/h1-30H. The first kappa shape index (κ1) is 28.1. The Morgan fingerprint density at radius 1 is 0.298 bits per heavy atom. The van der Waals surface area contributed by atoms with E-state index in [1.165, 1.54) is 0 Å². The first-order chi connectivity index (χ1) is 23.3. The SMILES string of the molecule is c1ccc(-c2cc(-c3cc(-c4cc(-c5ccccc5)nc(-c5ccccc5)c4)n(-c4ccccc4)n3)cc(-c3ccccc3)n2)cc1. The van der Waals surface area contributed by atoms with Crippen LogP contribution >= 0.6 is 0 Å². The van der Waals surface area contributed by atoms with Crippen LogP contribution in [-0.4, -0.2) is 19.7 Å². The molecule has 4 nitrogen and oxygen atoms in total. The van der Waals surface area contributed by atoms with Crippen molar-refractivity contribution in [2.75, 3.05) is 0 Å². The molecule has 0 unspecified atom stereocenters. The quantitative estimate of drug-likeness (QED) is 0.182. The molecule has 222 valence electrons. The minimum Gasteiger partial charge on any atom is -0.248 e. The van der Waals surface area contributed by atoms with E-state index in [1.54, 1.807) is 0 Å². The second-order valence-corrected chi connectivity index (χ2v) is 11.4. The Morgan fingerprint density at radius 2 is 0.638 bits per heavy atom. The van der Waals surface area contributed by atoms with Crippen LogP contribution in [0.4, 0.5) is 0 Å². The maximum absolute atomic E-state index is 5.27. The molecule has 8 aromatic rings. The van der Waals surface area contributed by atoms with Crippen molar-refractivity contribution < 1.29 is 0 Å². The van der Waals surface area contributed by atoms with Gasteiger partial charge in [-0.15, -0.1) is 0 Å². The molecule has 0 saturated carbocycles. The molecule has 4 heteroatoms. The maximum Gasteiger partial charge on any atom is 0.0935 e. The van der Waals surface area contributed by atoms with E-state index in [0.717, 1.165) is 73.2 Å². The Labute approximate surface area is 274 Å². The summed E-state index contributed by atoms with van der Waals surface area (Å²) < 4.78 is 2.04. The fourth-order valence-electron chi connectivity index (χ4n) is 5.88. The van der Waals surface area contributed by atoms with Gasteiger partial charge in [0.1, 0.15) is 0 Å². The lowest BCUT2D eigenvalue weighted by Gasteiger charge is -2.12. The van der Waals surface area contributed by atoms with Gasteiger partial charge in [0, 0.05) is 33.4 Å². The molecule has 0 N–H and O–H groups in total. The van der Waals surface area contributed by atoms with E-state index in [-0.39, 0.29) is 0 Å². The number of hydrogen-bond donors (Lipinski definition) is 0. The van der Waals surface area contributed by atoms with E-state index >= 15 is 0 Å². The average Bonchev–Trinajstić information content (AvgIpc) is 3.62. The highest BCUT2D eigenvalue weighted by Crippen LogP contribution is 2.36. The van der Waals surface area contributed by atoms with Gasteiger partial charge in [0.2, 0.25) is 0 Å². The van der Waals surface area contributed by atoms with Crippen molar-refractivity contribution in [1.82, 2.24) is 19.7 Å². The number of pyridine rings is 2. The summed E-state index contributed by atoms with van der Waals surface area (Å²) >= 11 is 0. The van der Waals surface area contributed by atoms with Crippen LogP contribution in [0.15, 0.2) is 182 Å². The summed E-state index contributed by atoms with van der Waals surface area (Å²) in [5.74, 6) is 0. The average molecular weight is 603 g/mol. The zero-order valence-electron chi connectivity index (χ0n) is 25.6. The van der Waals surface area contributed by atoms with Gasteiger partial charge in [0.25, 0.3) is 0 Å². The number of benzene rings is 5. The van der Waals surface area contributed by atoms with Crippen LogP contribution in [0, 0.1) is 0 Å². The van der Waals surface area contributed by atoms with Crippen molar-refractivity contribution in [3.63, 3.8) is 0 Å². The Morgan fingerprint density at radius 3 is 1.02 bits per heavy atom. The monoisotopic (exact) mass is 602 g/mol. The van der Waals surface area contributed by atoms with Crippen LogP contribution in [0.2, 0.25) is 0 Å². The zero-order chi connectivity index (χ0) is 31.4. The molecule has 0 aliphatic rings. The van der Waals surface area contributed by atoms with Crippen molar-refractivity contribution >= 4 is 0 Å². The molecule has 0 amide bonds. The van der Waals surface area contributed by atoms with E-state index in [2.05, 4.69) is 115 Å². The smallest absolute Gasteiger partial charge is 0.0935 e. The molecule has 5 aromatic carbocycles. The molecule has 0 atom stereocenters. The molecule has 0 radical (unpaired) electrons. The van der Waals surface area contributed by atoms with E-state index < -0.39 is 0 Å². The van der Waals surface area contributed by atoms with Crippen LogP contribution in [0.1, 0.15) is 0 Å². The summed E-state index contributed by atoms with van der Waals surface area (Å²) in [4.78, 5) is 10.2. The van der Waals surface area contributed by atoms with Gasteiger partial charge in [-0.2, -0.15) is 5.10 Å². The van der Waals surface area contributed by atoms with Gasteiger partial charge in [-0.25, -0.2) is 14.6 Å². The normalized spacial score (nSPS) is 11.0. The summed E-state index contributed by atoms with van der Waals surface area (Å²) in [6.45, 7) is 0. The number of para-hydroxylation sites is 1. The summed E-state index contributed by atoms with van der Waals surface area (Å²) in [6, 6.07) is 62.4. The third kappa shape index (κ3) is 5.88. The Balaban J connectivity index is 1.35. The Hall–Kier alpha value is -6.39. The molecule has 0 bridgehead atoms. The van der Waals surface area contributed by atoms with Crippen molar-refractivity contribution in [2.24, 2.45) is 0 Å². The van der Waals surface area contributed by atoms with Gasteiger partial charge in [0.05, 0.1) is 39.9 Å². The van der Waals surface area contributed by atoms with Crippen molar-refractivity contribution in [1.29, 1.82) is 0 Å². The van der Waals surface area contributed by atoms with E-state index in [1.807, 2.05) is 71.4 Å². The molecule has 0 aliphatic heterocycles. The summed E-state index contributed by atoms with van der Waals surface area (Å²) in [5.41, 5.74) is 12.7. The minimum atomic E-state index is 0.861. The lowest BCUT2D eigenvalue weighted by Crippen LogP contribution is -2.00. The number of nitrogens with zero attached hydrogens (tertiary/aromatic N) is 4. The molecule has 3 heterocycles. The van der Waals surface area contributed by atoms with Gasteiger partial charge in [-0.05, 0) is 42.5 Å². The van der Waals surface area contributed by atoms with Gasteiger partial charge < -0.3 is 0 Å². The van der Waals surface area contributed by atoms with E-state index in [4.69, 9.17) is 15.1 Å². The minimum absolute atomic E-state index is 0.861. The van der Waals surface area contributed by atoms with Crippen molar-refractivity contribution in [3.8, 4) is 73.2 Å². The molecular formula is C43H30N4. The first-order valence-corrected chi connectivity index (χ1v) is 15.7. The highest BCUT2D eigenvalue weighted by Gasteiger charge is 2.18. The van der Waals surface area contributed by atoms with Crippen LogP contribution in [0.3, 0.4) is 0 Å². The van der Waals surface area contributed by atoms with Gasteiger partial charge in [0.15, 0.2) is 0 Å². The number of aromatic nitrogens is 4. The molecule has 0 fully saturated rings. The van der Waals surface area contributed by atoms with Gasteiger partial charge in [-0.1, -0.05) is 140 Å². The maximum atomic E-state index is 5.27. The van der Waals surface area contributed by atoms with Crippen LogP contribution in [0.5, 0.6) is 0 Å². The largest absolute Gasteiger partial charge is 0.248 e. The molecule has 0 spiro atoms. The highest BCUT2D eigenvalue weighted by atomic mass is 15.3. The first-order valence-electron chi connectivity index (χ1n) is 15.7. The van der Waals surface area contributed by atoms with Gasteiger partial charge in [-0.3, -0.25) is 0 Å². The van der Waals surface area contributed by atoms with E-state index in [9.17, 15) is 0 Å². The molecule has 8 rings (SSSR count). The number of hydrogen-bond acceptors (Lipinski definition) is 3. The zero-order valence-corrected chi connectivity index (χ0v) is 25.6. The predicted octanol–water partition coefficient (Wildman–Crippen LogP) is 10.7. The number of rotatable bonds is 7. The van der Waals surface area contributed by atoms with Crippen LogP contribution in [0.25, 0.3) is 73.2 Å². The molecule has 0 saturated heterocycles. The molecule has 47 heavy (non-hydrogen) atoms. The van der Waals surface area contributed by atoms with E-state index in [0.29, 0.717) is 0 Å². The van der Waals surface area contributed by atoms with Crippen molar-refractivity contribution in [3.05, 3.63) is 182 Å². The molecule has 0 aliphatic carbocycles. The summed E-state index contributed by atoms with van der Waals surface area (Å²) in [7, 11) is 0. The molecular weight excluding hydrogens is 573 g/mol. The fraction of sp³-hybridized carbons (Fsp3) is 0. The topological polar surface area (TPSA) is 43.6 Å². The molecule has 3 aromatic heterocycles. The Bertz CT molecular complexity index is 2150. The second-order valence-electron chi connectivity index (χ2n) is 11.4. The lowest BCUT2D eigenvalue weighted by molar-refractivity contribution is 0.891. The van der Waals surface area contributed by atoms with Gasteiger partial charge >= 0.3 is 0 Å². The summed E-state index contributed by atoms with van der Waals surface area (Å²) in [6.07, 6.45) is 0. The highest BCUT2D eigenvalue weighted by molar-refractivity contribution is 5.80. The third-order valence-electron chi connectivity index (χ3n) is 8.23.